The van der Waals surface area contributed by atoms with E-state index in [0.29, 0.717) is 9.65 Å². The summed E-state index contributed by atoms with van der Waals surface area (Å²) < 4.78 is 2.57. The van der Waals surface area contributed by atoms with Crippen molar-refractivity contribution < 1.29 is 14.8 Å². The minimum Gasteiger partial charge on any atom is -0.423 e. The van der Waals surface area contributed by atoms with E-state index in [1.54, 1.807) is 6.07 Å². The number of benzene rings is 1. The van der Waals surface area contributed by atoms with Gasteiger partial charge in [-0.25, -0.2) is 0 Å². The summed E-state index contributed by atoms with van der Waals surface area (Å²) in [5, 5.41) is 20.2. The molecule has 2 heterocycles. The summed E-state index contributed by atoms with van der Waals surface area (Å²) in [5.41, 5.74) is 0. The highest BCUT2D eigenvalue weighted by Gasteiger charge is 2.15. The number of aldehydes is 1. The van der Waals surface area contributed by atoms with E-state index in [-0.39, 0.29) is 0 Å². The monoisotopic (exact) mass is 262 g/mol. The summed E-state index contributed by atoms with van der Waals surface area (Å²) in [4.78, 5) is 11.4. The first-order valence-corrected chi connectivity index (χ1v) is 6.59. The lowest BCUT2D eigenvalue weighted by Gasteiger charge is -1.89. The number of hydrogen-bond donors (Lipinski definition) is 2. The predicted molar refractivity (Wildman–Crippen MR) is 72.4 cm³/mol. The van der Waals surface area contributed by atoms with E-state index in [2.05, 4.69) is 0 Å². The Morgan fingerprint density at radius 3 is 2.29 bits per heavy atom. The highest BCUT2D eigenvalue weighted by Crippen LogP contribution is 2.31. The Labute approximate surface area is 105 Å². The van der Waals surface area contributed by atoms with Crippen LogP contribution in [0.25, 0.3) is 20.2 Å². The van der Waals surface area contributed by atoms with Gasteiger partial charge in [0.2, 0.25) is 0 Å². The molecule has 1 aromatic carbocycles. The third-order valence-corrected chi connectivity index (χ3v) is 4.73. The molecular weight excluding hydrogens is 255 g/mol. The fraction of sp³-hybridized carbons (Fsp3) is 0. The molecule has 0 aliphatic carbocycles. The topological polar surface area (TPSA) is 57.5 Å². The quantitative estimate of drug-likeness (QED) is 0.545. The molecule has 0 amide bonds. The summed E-state index contributed by atoms with van der Waals surface area (Å²) in [5.74, 6) is 0. The van der Waals surface area contributed by atoms with Crippen LogP contribution >= 0.6 is 22.7 Å². The van der Waals surface area contributed by atoms with Crippen molar-refractivity contribution in [3.05, 3.63) is 29.1 Å². The van der Waals surface area contributed by atoms with Crippen molar-refractivity contribution >= 4 is 61.0 Å². The van der Waals surface area contributed by atoms with E-state index in [4.69, 9.17) is 10.0 Å². The zero-order chi connectivity index (χ0) is 12.0. The minimum atomic E-state index is -1.42. The van der Waals surface area contributed by atoms with E-state index in [1.807, 2.05) is 18.2 Å². The van der Waals surface area contributed by atoms with Gasteiger partial charge in [-0.3, -0.25) is 4.79 Å². The molecule has 0 unspecified atom stereocenters. The van der Waals surface area contributed by atoms with Crippen LogP contribution in [-0.4, -0.2) is 23.5 Å². The maximum Gasteiger partial charge on any atom is 0.499 e. The summed E-state index contributed by atoms with van der Waals surface area (Å²) in [6, 6.07) is 7.57. The van der Waals surface area contributed by atoms with Crippen LogP contribution < -0.4 is 4.78 Å². The average molecular weight is 262 g/mol. The van der Waals surface area contributed by atoms with Crippen LogP contribution in [0.5, 0.6) is 0 Å². The van der Waals surface area contributed by atoms with E-state index >= 15 is 0 Å². The maximum absolute atomic E-state index is 10.7. The second-order valence-corrected chi connectivity index (χ2v) is 5.95. The van der Waals surface area contributed by atoms with Crippen molar-refractivity contribution in [2.75, 3.05) is 0 Å². The first-order valence-electron chi connectivity index (χ1n) is 4.96. The molecule has 3 nitrogen and oxygen atoms in total. The maximum atomic E-state index is 10.7. The zero-order valence-corrected chi connectivity index (χ0v) is 10.2. The molecule has 2 N–H and O–H groups in total. The second-order valence-electron chi connectivity index (χ2n) is 3.72. The highest BCUT2D eigenvalue weighted by atomic mass is 32.1. The molecule has 0 atom stereocenters. The lowest BCUT2D eigenvalue weighted by Crippen LogP contribution is -2.26. The Kier molecular flexibility index (Phi) is 2.52. The zero-order valence-electron chi connectivity index (χ0n) is 8.58. The molecule has 2 aromatic heterocycles. The largest absolute Gasteiger partial charge is 0.499 e. The lowest BCUT2D eigenvalue weighted by atomic mass is 9.89. The number of rotatable bonds is 2. The van der Waals surface area contributed by atoms with Gasteiger partial charge in [-0.15, -0.1) is 22.7 Å². The number of carbonyl (C=O) groups is 1. The molecule has 0 fully saturated rings. The highest BCUT2D eigenvalue weighted by molar-refractivity contribution is 7.28. The number of fused-ring (bicyclic) bond motifs is 2. The van der Waals surface area contributed by atoms with Crippen molar-refractivity contribution in [1.29, 1.82) is 0 Å². The van der Waals surface area contributed by atoms with E-state index in [0.717, 1.165) is 26.5 Å². The normalized spacial score (nSPS) is 11.2. The van der Waals surface area contributed by atoms with E-state index in [9.17, 15) is 4.79 Å². The van der Waals surface area contributed by atoms with Crippen LogP contribution in [0.15, 0.2) is 24.3 Å². The molecule has 3 rings (SSSR count). The third kappa shape index (κ3) is 1.79. The number of carbonyl (C=O) groups excluding carboxylic acids is 1. The van der Waals surface area contributed by atoms with Gasteiger partial charge in [0.1, 0.15) is 0 Å². The molecule has 0 spiro atoms. The molecule has 0 saturated heterocycles. The lowest BCUT2D eigenvalue weighted by molar-refractivity contribution is 0.112. The van der Waals surface area contributed by atoms with E-state index < -0.39 is 7.12 Å². The van der Waals surface area contributed by atoms with Crippen LogP contribution in [0, 0.1) is 0 Å². The first-order chi connectivity index (χ1) is 8.17. The van der Waals surface area contributed by atoms with E-state index in [1.165, 1.54) is 22.7 Å². The van der Waals surface area contributed by atoms with Gasteiger partial charge in [-0.2, -0.15) is 0 Å². The fourth-order valence-electron chi connectivity index (χ4n) is 1.80. The van der Waals surface area contributed by atoms with Gasteiger partial charge < -0.3 is 10.0 Å². The van der Waals surface area contributed by atoms with Gasteiger partial charge in [-0.05, 0) is 35.0 Å². The summed E-state index contributed by atoms with van der Waals surface area (Å²) in [7, 11) is -1.42. The molecule has 0 radical (unpaired) electrons. The van der Waals surface area contributed by atoms with Crippen molar-refractivity contribution in [1.82, 2.24) is 0 Å². The summed E-state index contributed by atoms with van der Waals surface area (Å²) in [6.45, 7) is 0. The molecule has 6 heteroatoms. The van der Waals surface area contributed by atoms with Gasteiger partial charge >= 0.3 is 7.12 Å². The standard InChI is InChI=1S/C11H7BO3S2/c13-5-8-1-6-2-10-7(3-9(6)16-8)4-11(17-10)12(14)15/h1-5,14-15H. The van der Waals surface area contributed by atoms with Gasteiger partial charge in [0, 0.05) is 14.2 Å². The van der Waals surface area contributed by atoms with Gasteiger partial charge in [0.15, 0.2) is 6.29 Å². The van der Waals surface area contributed by atoms with Crippen molar-refractivity contribution in [2.45, 2.75) is 0 Å². The van der Waals surface area contributed by atoms with Crippen LogP contribution in [0.1, 0.15) is 9.67 Å². The van der Waals surface area contributed by atoms with Crippen LogP contribution in [0.4, 0.5) is 0 Å². The molecular formula is C11H7BO3S2. The molecule has 0 aliphatic rings. The van der Waals surface area contributed by atoms with Crippen LogP contribution in [0.2, 0.25) is 0 Å². The Morgan fingerprint density at radius 2 is 1.65 bits per heavy atom. The molecule has 0 bridgehead atoms. The molecule has 0 saturated carbocycles. The summed E-state index contributed by atoms with van der Waals surface area (Å²) in [6.07, 6.45) is 0.849. The van der Waals surface area contributed by atoms with Crippen LogP contribution in [-0.2, 0) is 0 Å². The van der Waals surface area contributed by atoms with Crippen molar-refractivity contribution in [2.24, 2.45) is 0 Å². The Balaban J connectivity index is 2.28. The minimum absolute atomic E-state index is 0.535. The molecule has 84 valence electrons. The van der Waals surface area contributed by atoms with Crippen molar-refractivity contribution in [3.8, 4) is 0 Å². The first kappa shape index (κ1) is 10.9. The van der Waals surface area contributed by atoms with Gasteiger partial charge in [0.05, 0.1) is 4.88 Å². The number of hydrogen-bond acceptors (Lipinski definition) is 5. The Hall–Kier alpha value is -1.21. The van der Waals surface area contributed by atoms with Crippen molar-refractivity contribution in [3.63, 3.8) is 0 Å². The Morgan fingerprint density at radius 1 is 1.00 bits per heavy atom. The second kappa shape index (κ2) is 3.92. The van der Waals surface area contributed by atoms with Crippen LogP contribution in [0.3, 0.4) is 0 Å². The number of thiophene rings is 2. The smallest absolute Gasteiger partial charge is 0.423 e. The molecule has 0 aliphatic heterocycles. The third-order valence-electron chi connectivity index (χ3n) is 2.56. The average Bonchev–Trinajstić information content (AvgIpc) is 2.87. The summed E-state index contributed by atoms with van der Waals surface area (Å²) >= 11 is 2.79. The fourth-order valence-corrected chi connectivity index (χ4v) is 3.67. The Bertz CT molecular complexity index is 663. The van der Waals surface area contributed by atoms with Gasteiger partial charge in [-0.1, -0.05) is 0 Å². The molecule has 17 heavy (non-hydrogen) atoms. The molecule has 3 aromatic rings. The van der Waals surface area contributed by atoms with Gasteiger partial charge in [0.25, 0.3) is 0 Å². The predicted octanol–water partition coefficient (Wildman–Crippen LogP) is 1.61. The SMILES string of the molecule is O=Cc1cc2cc3sc(B(O)O)cc3cc2s1.